The van der Waals surface area contributed by atoms with Gasteiger partial charge in [0, 0.05) is 48.7 Å². The van der Waals surface area contributed by atoms with Gasteiger partial charge in [-0.2, -0.15) is 4.98 Å². The molecule has 2 fully saturated rings. The third-order valence-electron chi connectivity index (χ3n) is 5.21. The Morgan fingerprint density at radius 3 is 2.64 bits per heavy atom. The van der Waals surface area contributed by atoms with E-state index in [0.717, 1.165) is 73.7 Å². The van der Waals surface area contributed by atoms with Crippen molar-refractivity contribution in [1.82, 2.24) is 9.97 Å². The molecule has 0 radical (unpaired) electrons. The molecule has 1 aromatic carbocycles. The molecular weight excluding hydrogens is 378 g/mol. The first-order chi connectivity index (χ1) is 13.6. The Labute approximate surface area is 170 Å². The van der Waals surface area contributed by atoms with Crippen molar-refractivity contribution in [2.24, 2.45) is 0 Å². The van der Waals surface area contributed by atoms with Crippen LogP contribution in [-0.2, 0) is 9.47 Å². The summed E-state index contributed by atoms with van der Waals surface area (Å²) in [6, 6.07) is 8.23. The van der Waals surface area contributed by atoms with Gasteiger partial charge in [-0.3, -0.25) is 0 Å². The molecule has 0 aliphatic carbocycles. The minimum atomic E-state index is -0.0255. The molecule has 0 amide bonds. The second kappa shape index (κ2) is 8.51. The van der Waals surface area contributed by atoms with Gasteiger partial charge in [-0.25, -0.2) is 4.98 Å². The molecule has 4 rings (SSSR count). The van der Waals surface area contributed by atoms with Gasteiger partial charge >= 0.3 is 0 Å². The van der Waals surface area contributed by atoms with Crippen molar-refractivity contribution < 1.29 is 9.47 Å². The Hall–Kier alpha value is -2.09. The minimum absolute atomic E-state index is 0.0255. The van der Waals surface area contributed by atoms with Gasteiger partial charge in [-0.15, -0.1) is 0 Å². The molecule has 2 aliphatic rings. The zero-order valence-electron chi connectivity index (χ0n) is 16.1. The van der Waals surface area contributed by atoms with Gasteiger partial charge in [0.1, 0.15) is 5.82 Å². The Balaban J connectivity index is 1.66. The Bertz CT molecular complexity index is 808. The third-order valence-corrected chi connectivity index (χ3v) is 5.54. The molecule has 1 aromatic heterocycles. The van der Waals surface area contributed by atoms with Gasteiger partial charge < -0.3 is 25.0 Å². The van der Waals surface area contributed by atoms with Crippen molar-refractivity contribution in [3.8, 4) is 0 Å². The molecule has 8 heteroatoms. The highest BCUT2D eigenvalue weighted by molar-refractivity contribution is 6.31. The van der Waals surface area contributed by atoms with Crippen LogP contribution in [-0.4, -0.2) is 56.0 Å². The lowest BCUT2D eigenvalue weighted by Crippen LogP contribution is -2.36. The number of nitrogens with zero attached hydrogens (tertiary/aromatic N) is 4. The van der Waals surface area contributed by atoms with Crippen LogP contribution < -0.4 is 15.5 Å². The number of rotatable bonds is 3. The van der Waals surface area contributed by atoms with Crippen LogP contribution >= 0.6 is 11.6 Å². The number of nitrogens with two attached hydrogens (primary N) is 1. The Morgan fingerprint density at radius 1 is 1.07 bits per heavy atom. The first kappa shape index (κ1) is 19.2. The maximum atomic E-state index is 6.75. The molecule has 2 aromatic rings. The van der Waals surface area contributed by atoms with Gasteiger partial charge in [0.25, 0.3) is 0 Å². The predicted molar refractivity (Wildman–Crippen MR) is 111 cm³/mol. The summed E-state index contributed by atoms with van der Waals surface area (Å²) < 4.78 is 11.3. The van der Waals surface area contributed by atoms with E-state index in [2.05, 4.69) is 31.9 Å². The quantitative estimate of drug-likeness (QED) is 0.844. The summed E-state index contributed by atoms with van der Waals surface area (Å²) >= 11 is 6.75. The molecule has 28 heavy (non-hydrogen) atoms. The number of ether oxygens (including phenoxy) is 2. The number of nitrogen functional groups attached to an aromatic ring is 1. The summed E-state index contributed by atoms with van der Waals surface area (Å²) in [5, 5.41) is 0.739. The SMILES string of the molecule is Cc1cc(N2CCCOC[C@@H]2c2ccc(N3CCOCC3)cc2Cl)nc(N)n1. The number of hydrogen-bond acceptors (Lipinski definition) is 7. The maximum absolute atomic E-state index is 6.75. The number of morpholine rings is 1. The van der Waals surface area contributed by atoms with Crippen molar-refractivity contribution in [2.75, 3.05) is 61.6 Å². The fourth-order valence-electron chi connectivity index (χ4n) is 3.84. The summed E-state index contributed by atoms with van der Waals surface area (Å²) in [6.07, 6.45) is 0.920. The highest BCUT2D eigenvalue weighted by atomic mass is 35.5. The highest BCUT2D eigenvalue weighted by Crippen LogP contribution is 2.35. The van der Waals surface area contributed by atoms with Crippen LogP contribution in [0.4, 0.5) is 17.5 Å². The van der Waals surface area contributed by atoms with Crippen LogP contribution in [0.1, 0.15) is 23.7 Å². The van der Waals surface area contributed by atoms with Gasteiger partial charge in [0.2, 0.25) is 5.95 Å². The van der Waals surface area contributed by atoms with Crippen LogP contribution in [0.5, 0.6) is 0 Å². The summed E-state index contributed by atoms with van der Waals surface area (Å²) in [5.74, 6) is 1.10. The summed E-state index contributed by atoms with van der Waals surface area (Å²) in [6.45, 7) is 7.28. The minimum Gasteiger partial charge on any atom is -0.379 e. The second-order valence-electron chi connectivity index (χ2n) is 7.17. The zero-order chi connectivity index (χ0) is 19.5. The molecule has 0 saturated carbocycles. The number of aromatic nitrogens is 2. The zero-order valence-corrected chi connectivity index (χ0v) is 16.9. The van der Waals surface area contributed by atoms with Crippen molar-refractivity contribution in [3.05, 3.63) is 40.5 Å². The van der Waals surface area contributed by atoms with E-state index < -0.39 is 0 Å². The molecule has 1 atom stereocenters. The van der Waals surface area contributed by atoms with E-state index in [1.165, 1.54) is 0 Å². The largest absolute Gasteiger partial charge is 0.379 e. The lowest BCUT2D eigenvalue weighted by molar-refractivity contribution is 0.122. The Kier molecular flexibility index (Phi) is 5.85. The van der Waals surface area contributed by atoms with Crippen LogP contribution in [0.2, 0.25) is 5.02 Å². The lowest BCUT2D eigenvalue weighted by Gasteiger charge is -2.33. The first-order valence-corrected chi connectivity index (χ1v) is 10.1. The van der Waals surface area contributed by atoms with Gasteiger partial charge in [0.05, 0.1) is 25.9 Å². The van der Waals surface area contributed by atoms with Gasteiger partial charge in [0.15, 0.2) is 0 Å². The first-order valence-electron chi connectivity index (χ1n) is 9.69. The maximum Gasteiger partial charge on any atom is 0.222 e. The molecule has 2 saturated heterocycles. The summed E-state index contributed by atoms with van der Waals surface area (Å²) in [7, 11) is 0. The van der Waals surface area contributed by atoms with Crippen molar-refractivity contribution in [1.29, 1.82) is 0 Å². The monoisotopic (exact) mass is 403 g/mol. The van der Waals surface area contributed by atoms with Crippen molar-refractivity contribution in [3.63, 3.8) is 0 Å². The topological polar surface area (TPSA) is 76.7 Å². The molecule has 2 aliphatic heterocycles. The fraction of sp³-hybridized carbons (Fsp3) is 0.500. The fourth-order valence-corrected chi connectivity index (χ4v) is 4.14. The van der Waals surface area contributed by atoms with E-state index in [1.807, 2.05) is 19.1 Å². The molecule has 2 N–H and O–H groups in total. The van der Waals surface area contributed by atoms with Crippen LogP contribution in [0, 0.1) is 6.92 Å². The number of aryl methyl sites for hydroxylation is 1. The standard InChI is InChI=1S/C20H26ClN5O2/c1-14-11-19(24-20(22)23-14)26-5-2-8-28-13-18(26)16-4-3-15(12-17(16)21)25-6-9-27-10-7-25/h3-4,11-12,18H,2,5-10,13H2,1H3,(H2,22,23,24)/t18-/m1/s1. The number of anilines is 3. The van der Waals surface area contributed by atoms with Crippen LogP contribution in [0.15, 0.2) is 24.3 Å². The van der Waals surface area contributed by atoms with E-state index in [4.69, 9.17) is 26.8 Å². The number of hydrogen-bond donors (Lipinski definition) is 1. The van der Waals surface area contributed by atoms with E-state index in [-0.39, 0.29) is 12.0 Å². The molecule has 0 bridgehead atoms. The van der Waals surface area contributed by atoms with Crippen LogP contribution in [0.3, 0.4) is 0 Å². The van der Waals surface area contributed by atoms with Crippen molar-refractivity contribution >= 4 is 29.1 Å². The number of halogens is 1. The third kappa shape index (κ3) is 4.16. The van der Waals surface area contributed by atoms with Gasteiger partial charge in [-0.05, 0) is 31.0 Å². The normalized spacial score (nSPS) is 20.9. The molecule has 7 nitrogen and oxygen atoms in total. The smallest absolute Gasteiger partial charge is 0.222 e. The molecule has 0 spiro atoms. The average Bonchev–Trinajstić information content (AvgIpc) is 2.94. The Morgan fingerprint density at radius 2 is 1.89 bits per heavy atom. The molecular formula is C20H26ClN5O2. The van der Waals surface area contributed by atoms with E-state index in [9.17, 15) is 0 Å². The predicted octanol–water partition coefficient (Wildman–Crippen LogP) is 2.83. The summed E-state index contributed by atoms with van der Waals surface area (Å²) in [5.41, 5.74) is 8.91. The second-order valence-corrected chi connectivity index (χ2v) is 7.58. The molecule has 0 unspecified atom stereocenters. The molecule has 3 heterocycles. The van der Waals surface area contributed by atoms with Gasteiger partial charge in [-0.1, -0.05) is 17.7 Å². The molecule has 150 valence electrons. The lowest BCUT2D eigenvalue weighted by atomic mass is 10.0. The van der Waals surface area contributed by atoms with E-state index in [1.54, 1.807) is 0 Å². The number of benzene rings is 1. The average molecular weight is 404 g/mol. The van der Waals surface area contributed by atoms with Crippen LogP contribution in [0.25, 0.3) is 0 Å². The van der Waals surface area contributed by atoms with E-state index in [0.29, 0.717) is 6.61 Å². The highest BCUT2D eigenvalue weighted by Gasteiger charge is 2.27. The summed E-state index contributed by atoms with van der Waals surface area (Å²) in [4.78, 5) is 13.2. The van der Waals surface area contributed by atoms with E-state index >= 15 is 0 Å². The van der Waals surface area contributed by atoms with Crippen molar-refractivity contribution in [2.45, 2.75) is 19.4 Å².